The van der Waals surface area contributed by atoms with E-state index in [4.69, 9.17) is 4.74 Å². The molecule has 1 rings (SSSR count). The number of hydrogen-bond donors (Lipinski definition) is 0. The Hall–Kier alpha value is -1.51. The van der Waals surface area contributed by atoms with Crippen molar-refractivity contribution >= 4 is 5.91 Å². The number of amides is 1. The molecule has 0 fully saturated rings. The minimum Gasteiger partial charge on any atom is -0.496 e. The molecule has 0 atom stereocenters. The molecule has 0 aliphatic rings. The van der Waals surface area contributed by atoms with Gasteiger partial charge in [-0.15, -0.1) is 0 Å². The number of ether oxygens (including phenoxy) is 1. The lowest BCUT2D eigenvalue weighted by atomic mass is 10.1. The minimum absolute atomic E-state index is 0.111. The van der Waals surface area contributed by atoms with E-state index in [-0.39, 0.29) is 5.91 Å². The molecule has 1 aromatic carbocycles. The molecule has 3 nitrogen and oxygen atoms in total. The molecule has 0 aliphatic carbocycles. The second-order valence-corrected chi connectivity index (χ2v) is 3.86. The third kappa shape index (κ3) is 3.57. The summed E-state index contributed by atoms with van der Waals surface area (Å²) in [5.74, 6) is 1.04. The van der Waals surface area contributed by atoms with E-state index in [2.05, 4.69) is 6.07 Å². The van der Waals surface area contributed by atoms with Crippen LogP contribution in [0.2, 0.25) is 0 Å². The van der Waals surface area contributed by atoms with Crippen molar-refractivity contribution in [1.82, 2.24) is 4.90 Å². The van der Waals surface area contributed by atoms with E-state index in [1.54, 1.807) is 18.9 Å². The number of hydrogen-bond acceptors (Lipinski definition) is 2. The van der Waals surface area contributed by atoms with Gasteiger partial charge in [0.05, 0.1) is 7.11 Å². The van der Waals surface area contributed by atoms with Crippen molar-refractivity contribution in [1.29, 1.82) is 0 Å². The van der Waals surface area contributed by atoms with Crippen LogP contribution in [-0.2, 0) is 11.2 Å². The molecule has 0 radical (unpaired) electrons. The highest BCUT2D eigenvalue weighted by atomic mass is 16.5. The van der Waals surface area contributed by atoms with Crippen LogP contribution in [0.15, 0.2) is 24.3 Å². The Labute approximate surface area is 97.0 Å². The van der Waals surface area contributed by atoms with Gasteiger partial charge in [-0.2, -0.15) is 0 Å². The normalized spacial score (nSPS) is 9.94. The molecule has 3 heteroatoms. The summed E-state index contributed by atoms with van der Waals surface area (Å²) in [5.41, 5.74) is 1.20. The van der Waals surface area contributed by atoms with Gasteiger partial charge >= 0.3 is 0 Å². The number of nitrogens with zero attached hydrogens (tertiary/aromatic N) is 1. The fourth-order valence-corrected chi connectivity index (χ4v) is 1.57. The van der Waals surface area contributed by atoms with Crippen molar-refractivity contribution in [3.05, 3.63) is 29.8 Å². The van der Waals surface area contributed by atoms with E-state index >= 15 is 0 Å². The van der Waals surface area contributed by atoms with Gasteiger partial charge in [0.15, 0.2) is 0 Å². The zero-order valence-corrected chi connectivity index (χ0v) is 10.2. The highest BCUT2D eigenvalue weighted by Crippen LogP contribution is 2.18. The zero-order chi connectivity index (χ0) is 12.0. The van der Waals surface area contributed by atoms with Crippen LogP contribution < -0.4 is 4.74 Å². The minimum atomic E-state index is 0.111. The molecule has 88 valence electrons. The molecule has 0 aliphatic heterocycles. The van der Waals surface area contributed by atoms with E-state index in [1.807, 2.05) is 25.2 Å². The highest BCUT2D eigenvalue weighted by molar-refractivity contribution is 5.72. The maximum absolute atomic E-state index is 11.0. The smallest absolute Gasteiger partial charge is 0.219 e. The number of methoxy groups -OCH3 is 1. The predicted molar refractivity (Wildman–Crippen MR) is 64.6 cm³/mol. The van der Waals surface area contributed by atoms with Gasteiger partial charge in [-0.05, 0) is 24.5 Å². The molecule has 0 N–H and O–H groups in total. The van der Waals surface area contributed by atoms with Crippen LogP contribution in [0.4, 0.5) is 0 Å². The van der Waals surface area contributed by atoms with E-state index in [0.29, 0.717) is 0 Å². The number of rotatable bonds is 5. The Morgan fingerprint density at radius 3 is 2.69 bits per heavy atom. The summed E-state index contributed by atoms with van der Waals surface area (Å²) in [6.45, 7) is 2.37. The van der Waals surface area contributed by atoms with Gasteiger partial charge in [0, 0.05) is 20.5 Å². The van der Waals surface area contributed by atoms with E-state index in [9.17, 15) is 4.79 Å². The van der Waals surface area contributed by atoms with Crippen molar-refractivity contribution in [2.24, 2.45) is 0 Å². The van der Waals surface area contributed by atoms with Crippen LogP contribution in [0, 0.1) is 0 Å². The van der Waals surface area contributed by atoms with Gasteiger partial charge in [0.2, 0.25) is 5.91 Å². The van der Waals surface area contributed by atoms with E-state index < -0.39 is 0 Å². The SMILES string of the molecule is COc1ccccc1CCCN(C)C(C)=O. The summed E-state index contributed by atoms with van der Waals surface area (Å²) in [5, 5.41) is 0. The van der Waals surface area contributed by atoms with Crippen LogP contribution in [0.1, 0.15) is 18.9 Å². The molecule has 0 saturated carbocycles. The van der Waals surface area contributed by atoms with Crippen LogP contribution in [0.5, 0.6) is 5.75 Å². The molecule has 16 heavy (non-hydrogen) atoms. The first-order valence-corrected chi connectivity index (χ1v) is 5.48. The van der Waals surface area contributed by atoms with Gasteiger partial charge in [0.25, 0.3) is 0 Å². The lowest BCUT2D eigenvalue weighted by Crippen LogP contribution is -2.25. The van der Waals surface area contributed by atoms with Crippen molar-refractivity contribution in [2.45, 2.75) is 19.8 Å². The average Bonchev–Trinajstić information content (AvgIpc) is 2.29. The van der Waals surface area contributed by atoms with Crippen LogP contribution >= 0.6 is 0 Å². The lowest BCUT2D eigenvalue weighted by Gasteiger charge is -2.15. The second-order valence-electron chi connectivity index (χ2n) is 3.86. The molecule has 1 amide bonds. The monoisotopic (exact) mass is 221 g/mol. The summed E-state index contributed by atoms with van der Waals surface area (Å²) in [4.78, 5) is 12.7. The standard InChI is InChI=1S/C13H19NO2/c1-11(15)14(2)10-6-8-12-7-4-5-9-13(12)16-3/h4-5,7,9H,6,8,10H2,1-3H3. The first-order valence-electron chi connectivity index (χ1n) is 5.48. The molecular formula is C13H19NO2. The molecule has 1 aromatic rings. The molecular weight excluding hydrogens is 202 g/mol. The second kappa shape index (κ2) is 6.16. The summed E-state index contributed by atoms with van der Waals surface area (Å²) < 4.78 is 5.27. The lowest BCUT2D eigenvalue weighted by molar-refractivity contribution is -0.127. The Bertz CT molecular complexity index is 350. The quantitative estimate of drug-likeness (QED) is 0.762. The van der Waals surface area contributed by atoms with Gasteiger partial charge in [0.1, 0.15) is 5.75 Å². The van der Waals surface area contributed by atoms with Crippen LogP contribution in [0.3, 0.4) is 0 Å². The Kier molecular flexibility index (Phi) is 4.83. The summed E-state index contributed by atoms with van der Waals surface area (Å²) >= 11 is 0. The van der Waals surface area contributed by atoms with E-state index in [1.165, 1.54) is 5.56 Å². The third-order valence-corrected chi connectivity index (χ3v) is 2.67. The van der Waals surface area contributed by atoms with Gasteiger partial charge < -0.3 is 9.64 Å². The Balaban J connectivity index is 2.45. The number of carbonyl (C=O) groups is 1. The van der Waals surface area contributed by atoms with Crippen LogP contribution in [0.25, 0.3) is 0 Å². The maximum Gasteiger partial charge on any atom is 0.219 e. The molecule has 0 unspecified atom stereocenters. The summed E-state index contributed by atoms with van der Waals surface area (Å²) in [7, 11) is 3.51. The first kappa shape index (κ1) is 12.6. The molecule has 0 aromatic heterocycles. The number of carbonyl (C=O) groups excluding carboxylic acids is 1. The molecule has 0 spiro atoms. The summed E-state index contributed by atoms with van der Waals surface area (Å²) in [6.07, 6.45) is 1.89. The number of para-hydroxylation sites is 1. The van der Waals surface area contributed by atoms with Gasteiger partial charge in [-0.25, -0.2) is 0 Å². The molecule has 0 saturated heterocycles. The average molecular weight is 221 g/mol. The fourth-order valence-electron chi connectivity index (χ4n) is 1.57. The van der Waals surface area contributed by atoms with Crippen molar-refractivity contribution in [2.75, 3.05) is 20.7 Å². The van der Waals surface area contributed by atoms with Gasteiger partial charge in [-0.1, -0.05) is 18.2 Å². The fraction of sp³-hybridized carbons (Fsp3) is 0.462. The highest BCUT2D eigenvalue weighted by Gasteiger charge is 2.04. The number of benzene rings is 1. The number of aryl methyl sites for hydroxylation is 1. The van der Waals surface area contributed by atoms with Crippen molar-refractivity contribution < 1.29 is 9.53 Å². The summed E-state index contributed by atoms with van der Waals surface area (Å²) in [6, 6.07) is 7.99. The van der Waals surface area contributed by atoms with Crippen molar-refractivity contribution in [3.8, 4) is 5.75 Å². The molecule has 0 bridgehead atoms. The largest absolute Gasteiger partial charge is 0.496 e. The third-order valence-electron chi connectivity index (χ3n) is 2.67. The van der Waals surface area contributed by atoms with Crippen LogP contribution in [-0.4, -0.2) is 31.5 Å². The molecule has 0 heterocycles. The maximum atomic E-state index is 11.0. The first-order chi connectivity index (χ1) is 7.65. The van der Waals surface area contributed by atoms with Gasteiger partial charge in [-0.3, -0.25) is 4.79 Å². The van der Waals surface area contributed by atoms with E-state index in [0.717, 1.165) is 25.1 Å². The Morgan fingerprint density at radius 2 is 2.06 bits per heavy atom. The zero-order valence-electron chi connectivity index (χ0n) is 10.2. The van der Waals surface area contributed by atoms with Crippen molar-refractivity contribution in [3.63, 3.8) is 0 Å². The Morgan fingerprint density at radius 1 is 1.38 bits per heavy atom. The predicted octanol–water partition coefficient (Wildman–Crippen LogP) is 2.11. The topological polar surface area (TPSA) is 29.5 Å².